The van der Waals surface area contributed by atoms with Crippen LogP contribution in [0.3, 0.4) is 0 Å². The van der Waals surface area contributed by atoms with Gasteiger partial charge in [-0.25, -0.2) is 4.98 Å². The molecule has 1 N–H and O–H groups in total. The Kier molecular flexibility index (Phi) is 6.71. The highest BCUT2D eigenvalue weighted by molar-refractivity contribution is 5.78. The first kappa shape index (κ1) is 18.8. The van der Waals surface area contributed by atoms with Crippen LogP contribution in [0.5, 0.6) is 0 Å². The van der Waals surface area contributed by atoms with Crippen molar-refractivity contribution in [2.24, 2.45) is 0 Å². The first-order valence-corrected chi connectivity index (χ1v) is 9.06. The second-order valence-corrected chi connectivity index (χ2v) is 6.25. The Hall–Kier alpha value is -2.99. The molecule has 3 aromatic rings. The largest absolute Gasteiger partial charge is 0.381 e. The lowest BCUT2D eigenvalue weighted by Gasteiger charge is -2.08. The number of amides is 1. The van der Waals surface area contributed by atoms with Crippen LogP contribution < -0.4 is 10.9 Å². The van der Waals surface area contributed by atoms with Crippen LogP contribution in [0.2, 0.25) is 0 Å². The van der Waals surface area contributed by atoms with Crippen LogP contribution in [-0.2, 0) is 22.5 Å². The molecule has 0 aliphatic rings. The van der Waals surface area contributed by atoms with Crippen molar-refractivity contribution in [2.45, 2.75) is 19.4 Å². The normalized spacial score (nSPS) is 10.8. The van der Waals surface area contributed by atoms with Gasteiger partial charge in [0.25, 0.3) is 5.56 Å². The fourth-order valence-corrected chi connectivity index (χ4v) is 2.77. The lowest BCUT2D eigenvalue weighted by Crippen LogP contribution is -2.33. The van der Waals surface area contributed by atoms with E-state index in [9.17, 15) is 9.59 Å². The highest BCUT2D eigenvalue weighted by Crippen LogP contribution is 2.04. The first-order valence-electron chi connectivity index (χ1n) is 9.06. The maximum absolute atomic E-state index is 12.4. The van der Waals surface area contributed by atoms with Crippen LogP contribution in [0.1, 0.15) is 12.0 Å². The van der Waals surface area contributed by atoms with E-state index in [0.717, 1.165) is 12.8 Å². The predicted molar refractivity (Wildman–Crippen MR) is 105 cm³/mol. The fraction of sp³-hybridized carbons (Fsp3) is 0.286. The van der Waals surface area contributed by atoms with E-state index < -0.39 is 0 Å². The van der Waals surface area contributed by atoms with Crippen molar-refractivity contribution in [3.63, 3.8) is 0 Å². The van der Waals surface area contributed by atoms with Gasteiger partial charge in [0.05, 0.1) is 23.8 Å². The number of carbonyl (C=O) groups is 1. The number of nitrogens with one attached hydrogen (secondary N) is 1. The van der Waals surface area contributed by atoms with Crippen LogP contribution in [0.25, 0.3) is 10.9 Å². The van der Waals surface area contributed by atoms with E-state index in [0.29, 0.717) is 30.7 Å². The number of rotatable bonds is 9. The summed E-state index contributed by atoms with van der Waals surface area (Å²) in [6.45, 7) is 1.73. The average Bonchev–Trinajstić information content (AvgIpc) is 2.70. The molecule has 3 rings (SSSR count). The molecule has 1 aromatic heterocycles. The molecule has 2 aromatic carbocycles. The van der Waals surface area contributed by atoms with Gasteiger partial charge in [-0.15, -0.1) is 0 Å². The summed E-state index contributed by atoms with van der Waals surface area (Å²) in [5, 5.41) is 3.32. The third-order valence-corrected chi connectivity index (χ3v) is 4.21. The van der Waals surface area contributed by atoms with E-state index in [2.05, 4.69) is 22.4 Å². The minimum absolute atomic E-state index is 0.0362. The van der Waals surface area contributed by atoms with Crippen molar-refractivity contribution < 1.29 is 9.53 Å². The zero-order valence-corrected chi connectivity index (χ0v) is 15.1. The van der Waals surface area contributed by atoms with Gasteiger partial charge in [0, 0.05) is 13.2 Å². The standard InChI is InChI=1S/C21H23N3O3/c25-20(15-24-16-23-19-10-5-4-9-18(19)21(24)26)22-12-6-13-27-14-11-17-7-2-1-3-8-17/h1-5,7-10,16H,6,11-15H2,(H,22,25). The average molecular weight is 365 g/mol. The molecule has 0 unspecified atom stereocenters. The van der Waals surface area contributed by atoms with Gasteiger partial charge in [-0.2, -0.15) is 0 Å². The van der Waals surface area contributed by atoms with Crippen molar-refractivity contribution in [1.29, 1.82) is 0 Å². The van der Waals surface area contributed by atoms with Crippen molar-refractivity contribution in [1.82, 2.24) is 14.9 Å². The number of carbonyl (C=O) groups excluding carboxylic acids is 1. The van der Waals surface area contributed by atoms with Gasteiger partial charge in [-0.05, 0) is 30.5 Å². The van der Waals surface area contributed by atoms with E-state index in [4.69, 9.17) is 4.74 Å². The Morgan fingerprint density at radius 3 is 2.67 bits per heavy atom. The zero-order valence-electron chi connectivity index (χ0n) is 15.1. The van der Waals surface area contributed by atoms with E-state index in [1.165, 1.54) is 16.5 Å². The molecule has 0 aliphatic heterocycles. The van der Waals surface area contributed by atoms with E-state index in [-0.39, 0.29) is 18.0 Å². The number of benzene rings is 2. The third kappa shape index (κ3) is 5.49. The Labute approximate surface area is 157 Å². The Morgan fingerprint density at radius 2 is 1.81 bits per heavy atom. The Bertz CT molecular complexity index is 938. The van der Waals surface area contributed by atoms with Gasteiger partial charge in [0.1, 0.15) is 6.54 Å². The second-order valence-electron chi connectivity index (χ2n) is 6.25. The SMILES string of the molecule is O=C(Cn1cnc2ccccc2c1=O)NCCCOCCc1ccccc1. The lowest BCUT2D eigenvalue weighted by atomic mass is 10.2. The molecule has 0 bridgehead atoms. The number of hydrogen-bond acceptors (Lipinski definition) is 4. The first-order chi connectivity index (χ1) is 13.2. The van der Waals surface area contributed by atoms with Gasteiger partial charge in [-0.3, -0.25) is 14.2 Å². The molecule has 0 spiro atoms. The highest BCUT2D eigenvalue weighted by atomic mass is 16.5. The molecule has 6 heteroatoms. The highest BCUT2D eigenvalue weighted by Gasteiger charge is 2.07. The predicted octanol–water partition coefficient (Wildman–Crippen LogP) is 2.16. The molecule has 6 nitrogen and oxygen atoms in total. The van der Waals surface area contributed by atoms with Crippen LogP contribution >= 0.6 is 0 Å². The topological polar surface area (TPSA) is 73.2 Å². The summed E-state index contributed by atoms with van der Waals surface area (Å²) in [5.41, 5.74) is 1.67. The molecule has 0 saturated heterocycles. The number of para-hydroxylation sites is 1. The third-order valence-electron chi connectivity index (χ3n) is 4.21. The van der Waals surface area contributed by atoms with Crippen molar-refractivity contribution in [2.75, 3.05) is 19.8 Å². The minimum Gasteiger partial charge on any atom is -0.381 e. The molecule has 0 aliphatic carbocycles. The monoisotopic (exact) mass is 365 g/mol. The quantitative estimate of drug-likeness (QED) is 0.590. The van der Waals surface area contributed by atoms with Crippen molar-refractivity contribution in [3.8, 4) is 0 Å². The van der Waals surface area contributed by atoms with E-state index in [1.807, 2.05) is 24.3 Å². The molecule has 1 amide bonds. The zero-order chi connectivity index (χ0) is 18.9. The van der Waals surface area contributed by atoms with Crippen LogP contribution in [-0.4, -0.2) is 35.2 Å². The molecular formula is C21H23N3O3. The number of nitrogens with zero attached hydrogens (tertiary/aromatic N) is 2. The summed E-state index contributed by atoms with van der Waals surface area (Å²) in [4.78, 5) is 28.6. The number of fused-ring (bicyclic) bond motifs is 1. The van der Waals surface area contributed by atoms with Gasteiger partial charge < -0.3 is 10.1 Å². The molecule has 0 saturated carbocycles. The maximum atomic E-state index is 12.4. The molecule has 0 fully saturated rings. The lowest BCUT2D eigenvalue weighted by molar-refractivity contribution is -0.121. The summed E-state index contributed by atoms with van der Waals surface area (Å²) in [6.07, 6.45) is 3.02. The van der Waals surface area contributed by atoms with Crippen LogP contribution in [0.4, 0.5) is 0 Å². The van der Waals surface area contributed by atoms with Crippen molar-refractivity contribution >= 4 is 16.8 Å². The number of ether oxygens (including phenoxy) is 1. The van der Waals surface area contributed by atoms with Crippen LogP contribution in [0.15, 0.2) is 65.7 Å². The molecular weight excluding hydrogens is 342 g/mol. The second kappa shape index (κ2) is 9.64. The van der Waals surface area contributed by atoms with Crippen LogP contribution in [0, 0.1) is 0 Å². The molecule has 0 radical (unpaired) electrons. The Balaban J connectivity index is 1.35. The minimum atomic E-state index is -0.210. The van der Waals surface area contributed by atoms with Gasteiger partial charge >= 0.3 is 0 Å². The number of hydrogen-bond donors (Lipinski definition) is 1. The smallest absolute Gasteiger partial charge is 0.261 e. The van der Waals surface area contributed by atoms with Gasteiger partial charge in [0.2, 0.25) is 5.91 Å². The summed E-state index contributed by atoms with van der Waals surface area (Å²) < 4.78 is 6.92. The van der Waals surface area contributed by atoms with Gasteiger partial charge in [0.15, 0.2) is 0 Å². The summed E-state index contributed by atoms with van der Waals surface area (Å²) in [6, 6.07) is 17.3. The fourth-order valence-electron chi connectivity index (χ4n) is 2.77. The summed E-state index contributed by atoms with van der Waals surface area (Å²) in [5.74, 6) is -0.210. The number of aromatic nitrogens is 2. The summed E-state index contributed by atoms with van der Waals surface area (Å²) in [7, 11) is 0. The van der Waals surface area contributed by atoms with E-state index >= 15 is 0 Å². The molecule has 1 heterocycles. The van der Waals surface area contributed by atoms with E-state index in [1.54, 1.807) is 18.2 Å². The van der Waals surface area contributed by atoms with Gasteiger partial charge in [-0.1, -0.05) is 42.5 Å². The molecule has 140 valence electrons. The summed E-state index contributed by atoms with van der Waals surface area (Å²) >= 11 is 0. The maximum Gasteiger partial charge on any atom is 0.261 e. The molecule has 0 atom stereocenters. The molecule has 27 heavy (non-hydrogen) atoms. The van der Waals surface area contributed by atoms with Crippen molar-refractivity contribution in [3.05, 3.63) is 76.8 Å². The Morgan fingerprint density at radius 1 is 1.04 bits per heavy atom.